The lowest BCUT2D eigenvalue weighted by Gasteiger charge is -2.27. The molecule has 0 atom stereocenters. The topological polar surface area (TPSA) is 0 Å². The molecule has 0 aromatic heterocycles. The quantitative estimate of drug-likeness (QED) is 0.687. The number of rotatable bonds is 2. The first-order valence-electron chi connectivity index (χ1n) is 6.25. The molecular formula is C17H19Cl. The van der Waals surface area contributed by atoms with E-state index >= 15 is 0 Å². The number of aryl methyl sites for hydroxylation is 2. The van der Waals surface area contributed by atoms with Crippen molar-refractivity contribution < 1.29 is 0 Å². The van der Waals surface area contributed by atoms with Crippen LogP contribution in [0.1, 0.15) is 36.1 Å². The summed E-state index contributed by atoms with van der Waals surface area (Å²) >= 11 is 6.25. The lowest BCUT2D eigenvalue weighted by molar-refractivity contribution is 0.639. The molecule has 0 nitrogen and oxygen atoms in total. The summed E-state index contributed by atoms with van der Waals surface area (Å²) in [5.74, 6) is 0. The Hall–Kier alpha value is -1.27. The average Bonchev–Trinajstić information content (AvgIpc) is 2.36. The first-order chi connectivity index (χ1) is 8.43. The van der Waals surface area contributed by atoms with E-state index in [0.29, 0.717) is 0 Å². The first kappa shape index (κ1) is 13.2. The van der Waals surface area contributed by atoms with Gasteiger partial charge in [0.1, 0.15) is 0 Å². The minimum atomic E-state index is 0.00136. The first-order valence-corrected chi connectivity index (χ1v) is 6.63. The molecule has 0 aliphatic rings. The highest BCUT2D eigenvalue weighted by atomic mass is 35.5. The van der Waals surface area contributed by atoms with Crippen LogP contribution in [-0.4, -0.2) is 0 Å². The van der Waals surface area contributed by atoms with Gasteiger partial charge in [-0.25, -0.2) is 0 Å². The number of benzene rings is 2. The highest BCUT2D eigenvalue weighted by Gasteiger charge is 2.23. The molecule has 0 spiro atoms. The van der Waals surface area contributed by atoms with Crippen molar-refractivity contribution in [3.05, 3.63) is 69.7 Å². The van der Waals surface area contributed by atoms with Crippen molar-refractivity contribution in [1.29, 1.82) is 0 Å². The van der Waals surface area contributed by atoms with E-state index in [2.05, 4.69) is 70.2 Å². The van der Waals surface area contributed by atoms with Gasteiger partial charge in [0.05, 0.1) is 0 Å². The Balaban J connectivity index is 2.54. The maximum Gasteiger partial charge on any atom is 0.0464 e. The molecule has 0 N–H and O–H groups in total. The SMILES string of the molecule is Cc1cc(C(C)(C)c2ccccc2)cc(C)c1Cl. The van der Waals surface area contributed by atoms with E-state index in [1.54, 1.807) is 0 Å². The molecule has 0 saturated carbocycles. The van der Waals surface area contributed by atoms with Crippen molar-refractivity contribution in [1.82, 2.24) is 0 Å². The van der Waals surface area contributed by atoms with Crippen LogP contribution < -0.4 is 0 Å². The molecule has 0 aliphatic carbocycles. The van der Waals surface area contributed by atoms with Crippen molar-refractivity contribution in [3.63, 3.8) is 0 Å². The van der Waals surface area contributed by atoms with Crippen LogP contribution in [0.2, 0.25) is 5.02 Å². The van der Waals surface area contributed by atoms with Crippen LogP contribution in [0.15, 0.2) is 42.5 Å². The van der Waals surface area contributed by atoms with Gasteiger partial charge in [0, 0.05) is 10.4 Å². The van der Waals surface area contributed by atoms with E-state index in [9.17, 15) is 0 Å². The Morgan fingerprint density at radius 1 is 0.833 bits per heavy atom. The minimum absolute atomic E-state index is 0.00136. The second kappa shape index (κ2) is 4.78. The van der Waals surface area contributed by atoms with Gasteiger partial charge in [-0.05, 0) is 36.1 Å². The van der Waals surface area contributed by atoms with Crippen LogP contribution in [0, 0.1) is 13.8 Å². The summed E-state index contributed by atoms with van der Waals surface area (Å²) in [7, 11) is 0. The fraction of sp³-hybridized carbons (Fsp3) is 0.294. The molecule has 0 heterocycles. The summed E-state index contributed by atoms with van der Waals surface area (Å²) in [5, 5.41) is 0.877. The van der Waals surface area contributed by atoms with E-state index in [4.69, 9.17) is 11.6 Å². The van der Waals surface area contributed by atoms with E-state index < -0.39 is 0 Å². The second-order valence-electron chi connectivity index (χ2n) is 5.42. The van der Waals surface area contributed by atoms with Crippen LogP contribution >= 0.6 is 11.6 Å². The Labute approximate surface area is 115 Å². The fourth-order valence-electron chi connectivity index (χ4n) is 2.33. The van der Waals surface area contributed by atoms with Crippen molar-refractivity contribution in [3.8, 4) is 0 Å². The normalized spacial score (nSPS) is 11.6. The number of hydrogen-bond donors (Lipinski definition) is 0. The number of hydrogen-bond acceptors (Lipinski definition) is 0. The van der Waals surface area contributed by atoms with Gasteiger partial charge >= 0.3 is 0 Å². The van der Waals surface area contributed by atoms with E-state index in [0.717, 1.165) is 16.1 Å². The summed E-state index contributed by atoms with van der Waals surface area (Å²) in [6, 6.07) is 15.0. The molecule has 18 heavy (non-hydrogen) atoms. The highest BCUT2D eigenvalue weighted by molar-refractivity contribution is 6.32. The maximum absolute atomic E-state index is 6.25. The lowest BCUT2D eigenvalue weighted by Crippen LogP contribution is -2.19. The molecule has 0 unspecified atom stereocenters. The van der Waals surface area contributed by atoms with Crippen LogP contribution in [0.5, 0.6) is 0 Å². The molecular weight excluding hydrogens is 240 g/mol. The van der Waals surface area contributed by atoms with Gasteiger partial charge < -0.3 is 0 Å². The van der Waals surface area contributed by atoms with Gasteiger partial charge in [-0.2, -0.15) is 0 Å². The van der Waals surface area contributed by atoms with Crippen LogP contribution in [0.3, 0.4) is 0 Å². The summed E-state index contributed by atoms with van der Waals surface area (Å²) in [5.41, 5.74) is 4.94. The molecule has 94 valence electrons. The van der Waals surface area contributed by atoms with Gasteiger partial charge in [0.25, 0.3) is 0 Å². The molecule has 2 aromatic carbocycles. The predicted octanol–water partition coefficient (Wildman–Crippen LogP) is 5.28. The molecule has 0 saturated heterocycles. The van der Waals surface area contributed by atoms with Crippen molar-refractivity contribution >= 4 is 11.6 Å². The third kappa shape index (κ3) is 2.30. The smallest absolute Gasteiger partial charge is 0.0464 e. The molecule has 0 aliphatic heterocycles. The van der Waals surface area contributed by atoms with Gasteiger partial charge in [-0.15, -0.1) is 0 Å². The summed E-state index contributed by atoms with van der Waals surface area (Å²) in [4.78, 5) is 0. The fourth-order valence-corrected chi connectivity index (χ4v) is 2.44. The molecule has 2 aromatic rings. The third-order valence-electron chi connectivity index (χ3n) is 3.65. The molecule has 0 amide bonds. The monoisotopic (exact) mass is 258 g/mol. The average molecular weight is 259 g/mol. The van der Waals surface area contributed by atoms with E-state index in [1.807, 2.05) is 0 Å². The Bertz CT molecular complexity index is 530. The van der Waals surface area contributed by atoms with Crippen molar-refractivity contribution in [2.45, 2.75) is 33.1 Å². The summed E-state index contributed by atoms with van der Waals surface area (Å²) in [6.07, 6.45) is 0. The zero-order valence-corrected chi connectivity index (χ0v) is 12.2. The zero-order valence-electron chi connectivity index (χ0n) is 11.4. The van der Waals surface area contributed by atoms with Crippen molar-refractivity contribution in [2.24, 2.45) is 0 Å². The van der Waals surface area contributed by atoms with E-state index in [-0.39, 0.29) is 5.41 Å². The third-order valence-corrected chi connectivity index (χ3v) is 4.25. The maximum atomic E-state index is 6.25. The van der Waals surface area contributed by atoms with Gasteiger partial charge in [-0.1, -0.05) is 67.9 Å². The largest absolute Gasteiger partial charge is 0.0838 e. The molecule has 0 fully saturated rings. The van der Waals surface area contributed by atoms with Gasteiger partial charge in [-0.3, -0.25) is 0 Å². The highest BCUT2D eigenvalue weighted by Crippen LogP contribution is 2.34. The molecule has 0 radical (unpaired) electrons. The number of halogens is 1. The van der Waals surface area contributed by atoms with E-state index in [1.165, 1.54) is 11.1 Å². The predicted molar refractivity (Wildman–Crippen MR) is 79.5 cm³/mol. The molecule has 0 bridgehead atoms. The Morgan fingerprint density at radius 2 is 1.33 bits per heavy atom. The molecule has 2 rings (SSSR count). The minimum Gasteiger partial charge on any atom is -0.0838 e. The van der Waals surface area contributed by atoms with Crippen LogP contribution in [0.4, 0.5) is 0 Å². The zero-order chi connectivity index (χ0) is 13.3. The molecule has 1 heteroatoms. The van der Waals surface area contributed by atoms with Crippen molar-refractivity contribution in [2.75, 3.05) is 0 Å². The summed E-state index contributed by atoms with van der Waals surface area (Å²) < 4.78 is 0. The second-order valence-corrected chi connectivity index (χ2v) is 5.79. The Morgan fingerprint density at radius 3 is 1.83 bits per heavy atom. The standard InChI is InChI=1S/C17H19Cl/c1-12-10-15(11-13(2)16(12)18)17(3,4)14-8-6-5-7-9-14/h5-11H,1-4H3. The Kier molecular flexibility index (Phi) is 3.49. The van der Waals surface area contributed by atoms with Crippen LogP contribution in [0.25, 0.3) is 0 Å². The van der Waals surface area contributed by atoms with Gasteiger partial charge in [0.15, 0.2) is 0 Å². The summed E-state index contributed by atoms with van der Waals surface area (Å²) in [6.45, 7) is 8.65. The lowest BCUT2D eigenvalue weighted by atomic mass is 9.77. The van der Waals surface area contributed by atoms with Gasteiger partial charge in [0.2, 0.25) is 0 Å². The van der Waals surface area contributed by atoms with Crippen LogP contribution in [-0.2, 0) is 5.41 Å².